The van der Waals surface area contributed by atoms with E-state index in [-0.39, 0.29) is 17.9 Å². The molecule has 0 saturated carbocycles. The standard InChI is InChI=1S/C19H31N3O2S/c1-3-4-10-22-11-6-5-8-16(22)14-20-19(24)13-17(21-15(2)23)18-9-7-12-25-18/h7,9,12,16-17H,3-6,8,10-11,13-14H2,1-2H3,(H,20,24)(H,21,23). The normalized spacial score (nSPS) is 19.4. The van der Waals surface area contributed by atoms with Crippen LogP contribution in [0, 0.1) is 0 Å². The third kappa shape index (κ3) is 6.78. The third-order valence-corrected chi connectivity index (χ3v) is 5.72. The van der Waals surface area contributed by atoms with Gasteiger partial charge in [-0.3, -0.25) is 14.5 Å². The smallest absolute Gasteiger partial charge is 0.222 e. The van der Waals surface area contributed by atoms with Crippen LogP contribution in [0.1, 0.15) is 63.3 Å². The van der Waals surface area contributed by atoms with Gasteiger partial charge in [0.05, 0.1) is 12.5 Å². The van der Waals surface area contributed by atoms with Crippen molar-refractivity contribution in [1.82, 2.24) is 15.5 Å². The third-order valence-electron chi connectivity index (χ3n) is 4.74. The van der Waals surface area contributed by atoms with Gasteiger partial charge in [-0.1, -0.05) is 25.8 Å². The number of hydrogen-bond donors (Lipinski definition) is 2. The van der Waals surface area contributed by atoms with E-state index in [1.165, 1.54) is 32.6 Å². The van der Waals surface area contributed by atoms with Crippen molar-refractivity contribution in [2.75, 3.05) is 19.6 Å². The second-order valence-electron chi connectivity index (χ2n) is 6.82. The fraction of sp³-hybridized carbons (Fsp3) is 0.684. The van der Waals surface area contributed by atoms with Gasteiger partial charge in [0.15, 0.2) is 0 Å². The summed E-state index contributed by atoms with van der Waals surface area (Å²) in [5.74, 6) is -0.0996. The lowest BCUT2D eigenvalue weighted by Crippen LogP contribution is -2.47. The van der Waals surface area contributed by atoms with Crippen LogP contribution in [0.5, 0.6) is 0 Å². The van der Waals surface area contributed by atoms with Crippen LogP contribution in [0.25, 0.3) is 0 Å². The summed E-state index contributed by atoms with van der Waals surface area (Å²) in [4.78, 5) is 27.4. The van der Waals surface area contributed by atoms with Gasteiger partial charge in [0.25, 0.3) is 0 Å². The molecule has 2 unspecified atom stereocenters. The number of nitrogens with one attached hydrogen (secondary N) is 2. The van der Waals surface area contributed by atoms with E-state index in [0.717, 1.165) is 24.4 Å². The van der Waals surface area contributed by atoms with Gasteiger partial charge >= 0.3 is 0 Å². The molecule has 2 rings (SSSR count). The highest BCUT2D eigenvalue weighted by Crippen LogP contribution is 2.22. The largest absolute Gasteiger partial charge is 0.354 e. The quantitative estimate of drug-likeness (QED) is 0.707. The molecule has 2 heterocycles. The predicted molar refractivity (Wildman–Crippen MR) is 103 cm³/mol. The van der Waals surface area contributed by atoms with Crippen LogP contribution >= 0.6 is 11.3 Å². The summed E-state index contributed by atoms with van der Waals surface area (Å²) in [7, 11) is 0. The molecule has 1 fully saturated rings. The van der Waals surface area contributed by atoms with Crippen LogP contribution in [0.15, 0.2) is 17.5 Å². The molecule has 0 aromatic carbocycles. The molecule has 5 nitrogen and oxygen atoms in total. The van der Waals surface area contributed by atoms with Crippen molar-refractivity contribution in [3.05, 3.63) is 22.4 Å². The Labute approximate surface area is 155 Å². The monoisotopic (exact) mass is 365 g/mol. The van der Waals surface area contributed by atoms with Gasteiger partial charge in [0.1, 0.15) is 0 Å². The zero-order chi connectivity index (χ0) is 18.1. The van der Waals surface area contributed by atoms with Crippen LogP contribution < -0.4 is 10.6 Å². The summed E-state index contributed by atoms with van der Waals surface area (Å²) >= 11 is 1.57. The van der Waals surface area contributed by atoms with E-state index in [4.69, 9.17) is 0 Å². The van der Waals surface area contributed by atoms with Gasteiger partial charge in [0.2, 0.25) is 11.8 Å². The highest BCUT2D eigenvalue weighted by Gasteiger charge is 2.23. The Kier molecular flexibility index (Phi) is 8.41. The molecule has 1 aliphatic heterocycles. The van der Waals surface area contributed by atoms with Gasteiger partial charge in [-0.15, -0.1) is 11.3 Å². The minimum atomic E-state index is -0.236. The zero-order valence-corrected chi connectivity index (χ0v) is 16.2. The molecule has 1 saturated heterocycles. The van der Waals surface area contributed by atoms with Crippen LogP contribution in [0.3, 0.4) is 0 Å². The molecule has 6 heteroatoms. The number of carbonyl (C=O) groups is 2. The van der Waals surface area contributed by atoms with Crippen LogP contribution in [-0.2, 0) is 9.59 Å². The molecule has 0 radical (unpaired) electrons. The SMILES string of the molecule is CCCCN1CCCCC1CNC(=O)CC(NC(C)=O)c1cccs1. The van der Waals surface area contributed by atoms with Crippen molar-refractivity contribution >= 4 is 23.2 Å². The molecule has 1 aromatic rings. The number of likely N-dealkylation sites (tertiary alicyclic amines) is 1. The topological polar surface area (TPSA) is 61.4 Å². The Bertz CT molecular complexity index is 533. The van der Waals surface area contributed by atoms with E-state index in [1.54, 1.807) is 11.3 Å². The van der Waals surface area contributed by atoms with Crippen molar-refractivity contribution in [2.24, 2.45) is 0 Å². The molecule has 2 N–H and O–H groups in total. The van der Waals surface area contributed by atoms with Crippen LogP contribution in [0.4, 0.5) is 0 Å². The first-order chi connectivity index (χ1) is 12.1. The molecule has 2 atom stereocenters. The molecule has 2 amide bonds. The molecule has 0 bridgehead atoms. The maximum atomic E-state index is 12.4. The minimum Gasteiger partial charge on any atom is -0.354 e. The van der Waals surface area contributed by atoms with Crippen molar-refractivity contribution in [2.45, 2.75) is 64.5 Å². The first kappa shape index (κ1) is 19.9. The molecular formula is C19H31N3O2S. The highest BCUT2D eigenvalue weighted by molar-refractivity contribution is 7.10. The number of hydrogen-bond acceptors (Lipinski definition) is 4. The number of thiophene rings is 1. The van der Waals surface area contributed by atoms with E-state index >= 15 is 0 Å². The van der Waals surface area contributed by atoms with Gasteiger partial charge < -0.3 is 10.6 Å². The van der Waals surface area contributed by atoms with E-state index < -0.39 is 0 Å². The summed E-state index contributed by atoms with van der Waals surface area (Å²) in [6.07, 6.45) is 6.37. The zero-order valence-electron chi connectivity index (χ0n) is 15.4. The summed E-state index contributed by atoms with van der Waals surface area (Å²) in [6.45, 7) is 6.68. The fourth-order valence-corrected chi connectivity index (χ4v) is 4.17. The van der Waals surface area contributed by atoms with Crippen LogP contribution in [-0.4, -0.2) is 42.4 Å². The number of piperidine rings is 1. The first-order valence-electron chi connectivity index (χ1n) is 9.41. The average Bonchev–Trinajstić information content (AvgIpc) is 3.12. The van der Waals surface area contributed by atoms with Gasteiger partial charge in [-0.05, 0) is 43.8 Å². The van der Waals surface area contributed by atoms with Gasteiger partial charge in [0, 0.05) is 24.4 Å². The summed E-state index contributed by atoms with van der Waals surface area (Å²) in [5, 5.41) is 7.95. The van der Waals surface area contributed by atoms with Crippen molar-refractivity contribution in [3.8, 4) is 0 Å². The van der Waals surface area contributed by atoms with Crippen LogP contribution in [0.2, 0.25) is 0 Å². The fourth-order valence-electron chi connectivity index (χ4n) is 3.39. The Morgan fingerprint density at radius 1 is 1.40 bits per heavy atom. The van der Waals surface area contributed by atoms with Gasteiger partial charge in [-0.2, -0.15) is 0 Å². The molecule has 25 heavy (non-hydrogen) atoms. The van der Waals surface area contributed by atoms with E-state index in [2.05, 4.69) is 22.5 Å². The molecule has 0 aliphatic carbocycles. The maximum absolute atomic E-state index is 12.4. The first-order valence-corrected chi connectivity index (χ1v) is 10.3. The molecular weight excluding hydrogens is 334 g/mol. The number of carbonyl (C=O) groups excluding carboxylic acids is 2. The lowest BCUT2D eigenvalue weighted by molar-refractivity contribution is -0.123. The highest BCUT2D eigenvalue weighted by atomic mass is 32.1. The Balaban J connectivity index is 1.84. The lowest BCUT2D eigenvalue weighted by atomic mass is 10.0. The van der Waals surface area contributed by atoms with E-state index in [1.807, 2.05) is 17.5 Å². The minimum absolute atomic E-state index is 0.00756. The number of unbranched alkanes of at least 4 members (excludes halogenated alkanes) is 1. The Morgan fingerprint density at radius 3 is 2.92 bits per heavy atom. The maximum Gasteiger partial charge on any atom is 0.222 e. The average molecular weight is 366 g/mol. The number of rotatable bonds is 9. The summed E-state index contributed by atoms with van der Waals surface area (Å²) in [5.41, 5.74) is 0. The second-order valence-corrected chi connectivity index (χ2v) is 7.80. The molecule has 0 spiro atoms. The molecule has 140 valence electrons. The van der Waals surface area contributed by atoms with Gasteiger partial charge in [-0.25, -0.2) is 0 Å². The van der Waals surface area contributed by atoms with E-state index in [0.29, 0.717) is 19.0 Å². The molecule has 1 aromatic heterocycles. The predicted octanol–water partition coefficient (Wildman–Crippen LogP) is 3.09. The van der Waals surface area contributed by atoms with Crippen molar-refractivity contribution < 1.29 is 9.59 Å². The van der Waals surface area contributed by atoms with E-state index in [9.17, 15) is 9.59 Å². The Hall–Kier alpha value is -1.40. The van der Waals surface area contributed by atoms with Crippen molar-refractivity contribution in [1.29, 1.82) is 0 Å². The second kappa shape index (κ2) is 10.6. The number of nitrogens with zero attached hydrogens (tertiary/aromatic N) is 1. The summed E-state index contributed by atoms with van der Waals surface area (Å²) < 4.78 is 0. The number of amides is 2. The Morgan fingerprint density at radius 2 is 2.24 bits per heavy atom. The van der Waals surface area contributed by atoms with Crippen molar-refractivity contribution in [3.63, 3.8) is 0 Å². The molecule has 1 aliphatic rings. The summed E-state index contributed by atoms with van der Waals surface area (Å²) in [6, 6.07) is 4.12. The lowest BCUT2D eigenvalue weighted by Gasteiger charge is -2.35.